The highest BCUT2D eigenvalue weighted by molar-refractivity contribution is 5.92. The normalized spacial score (nSPS) is 17.7. The minimum Gasteiger partial charge on any atom is -0.388 e. The van der Waals surface area contributed by atoms with Gasteiger partial charge in [0.1, 0.15) is 5.69 Å². The van der Waals surface area contributed by atoms with Crippen LogP contribution in [-0.4, -0.2) is 44.9 Å². The van der Waals surface area contributed by atoms with Gasteiger partial charge in [-0.25, -0.2) is 0 Å². The fourth-order valence-electron chi connectivity index (χ4n) is 2.86. The topological polar surface area (TPSA) is 58.4 Å². The average Bonchev–Trinajstić information content (AvgIpc) is 2.94. The zero-order valence-corrected chi connectivity index (χ0v) is 12.0. The van der Waals surface area contributed by atoms with Crippen molar-refractivity contribution in [1.82, 2.24) is 14.7 Å². The summed E-state index contributed by atoms with van der Waals surface area (Å²) in [6.07, 6.45) is 3.67. The van der Waals surface area contributed by atoms with Gasteiger partial charge in [-0.15, -0.1) is 0 Å². The zero-order chi connectivity index (χ0) is 14.0. The van der Waals surface area contributed by atoms with E-state index in [1.54, 1.807) is 22.7 Å². The molecular weight excluding hydrogens is 242 g/mol. The Balaban J connectivity index is 2.10. The summed E-state index contributed by atoms with van der Waals surface area (Å²) in [7, 11) is 1.75. The molecule has 1 N–H and O–H groups in total. The van der Waals surface area contributed by atoms with Crippen LogP contribution in [0.15, 0.2) is 6.07 Å². The first-order valence-corrected chi connectivity index (χ1v) is 6.97. The van der Waals surface area contributed by atoms with Crippen LogP contribution in [0.2, 0.25) is 0 Å². The number of carbonyl (C=O) groups is 1. The molecule has 19 heavy (non-hydrogen) atoms. The van der Waals surface area contributed by atoms with Gasteiger partial charge in [0.05, 0.1) is 11.3 Å². The molecule has 5 heteroatoms. The molecule has 0 bridgehead atoms. The van der Waals surface area contributed by atoms with Crippen molar-refractivity contribution in [2.75, 3.05) is 13.6 Å². The minimum atomic E-state index is -0.698. The first-order valence-electron chi connectivity index (χ1n) is 6.97. The van der Waals surface area contributed by atoms with Gasteiger partial charge in [-0.2, -0.15) is 5.10 Å². The minimum absolute atomic E-state index is 0.0669. The van der Waals surface area contributed by atoms with Crippen LogP contribution < -0.4 is 0 Å². The summed E-state index contributed by atoms with van der Waals surface area (Å²) in [5.41, 5.74) is 0.749. The van der Waals surface area contributed by atoms with E-state index in [0.29, 0.717) is 18.8 Å². The molecule has 0 atom stereocenters. The monoisotopic (exact) mass is 265 g/mol. The predicted molar refractivity (Wildman–Crippen MR) is 73.0 cm³/mol. The van der Waals surface area contributed by atoms with Crippen molar-refractivity contribution in [2.24, 2.45) is 0 Å². The van der Waals surface area contributed by atoms with E-state index in [1.165, 1.54) is 0 Å². The smallest absolute Gasteiger partial charge is 0.271 e. The van der Waals surface area contributed by atoms with Crippen LogP contribution in [0.5, 0.6) is 0 Å². The molecule has 0 spiro atoms. The van der Waals surface area contributed by atoms with Gasteiger partial charge in [-0.1, -0.05) is 12.8 Å². The molecule has 1 aromatic heterocycles. The van der Waals surface area contributed by atoms with Crippen LogP contribution in [0, 0.1) is 6.92 Å². The van der Waals surface area contributed by atoms with Gasteiger partial charge < -0.3 is 10.0 Å². The molecule has 1 saturated carbocycles. The molecule has 1 aromatic rings. The highest BCUT2D eigenvalue weighted by atomic mass is 16.3. The van der Waals surface area contributed by atoms with E-state index in [9.17, 15) is 9.90 Å². The SMILES string of the molecule is CCn1nc(C)cc1C(=O)N(C)CC1(O)CCCC1. The Morgan fingerprint density at radius 3 is 2.74 bits per heavy atom. The number of likely N-dealkylation sites (N-methyl/N-ethyl adjacent to an activating group) is 1. The molecule has 1 aliphatic carbocycles. The standard InChI is InChI=1S/C14H23N3O2/c1-4-17-12(9-11(2)15-17)13(18)16(3)10-14(19)7-5-6-8-14/h9,19H,4-8,10H2,1-3H3. The van der Waals surface area contributed by atoms with Crippen LogP contribution in [0.1, 0.15) is 48.8 Å². The summed E-state index contributed by atoms with van der Waals surface area (Å²) in [6.45, 7) is 4.92. The lowest BCUT2D eigenvalue weighted by molar-refractivity contribution is 0.0152. The van der Waals surface area contributed by atoms with E-state index < -0.39 is 5.60 Å². The number of carbonyl (C=O) groups excluding carboxylic acids is 1. The van der Waals surface area contributed by atoms with Crippen LogP contribution in [0.4, 0.5) is 0 Å². The van der Waals surface area contributed by atoms with Gasteiger partial charge in [-0.3, -0.25) is 9.48 Å². The summed E-state index contributed by atoms with van der Waals surface area (Å²) in [6, 6.07) is 1.81. The fourth-order valence-corrected chi connectivity index (χ4v) is 2.86. The van der Waals surface area contributed by atoms with E-state index in [0.717, 1.165) is 31.4 Å². The third-order valence-corrected chi connectivity index (χ3v) is 3.83. The summed E-state index contributed by atoms with van der Waals surface area (Å²) < 4.78 is 1.72. The van der Waals surface area contributed by atoms with Crippen molar-refractivity contribution >= 4 is 5.91 Å². The lowest BCUT2D eigenvalue weighted by Gasteiger charge is -2.28. The third kappa shape index (κ3) is 2.97. The molecule has 0 aliphatic heterocycles. The molecule has 1 heterocycles. The number of aliphatic hydroxyl groups is 1. The van der Waals surface area contributed by atoms with Gasteiger partial charge in [0.15, 0.2) is 0 Å². The van der Waals surface area contributed by atoms with Gasteiger partial charge in [0.25, 0.3) is 5.91 Å². The van der Waals surface area contributed by atoms with Crippen molar-refractivity contribution in [3.63, 3.8) is 0 Å². The molecular formula is C14H23N3O2. The fraction of sp³-hybridized carbons (Fsp3) is 0.714. The number of hydrogen-bond acceptors (Lipinski definition) is 3. The second-order valence-electron chi connectivity index (χ2n) is 5.58. The molecule has 1 aliphatic rings. The van der Waals surface area contributed by atoms with E-state index in [2.05, 4.69) is 5.10 Å². The predicted octanol–water partition coefficient (Wildman–Crippen LogP) is 1.59. The number of aryl methyl sites for hydroxylation is 2. The molecule has 0 unspecified atom stereocenters. The number of hydrogen-bond donors (Lipinski definition) is 1. The molecule has 0 saturated heterocycles. The Labute approximate surface area is 114 Å². The van der Waals surface area contributed by atoms with Crippen LogP contribution in [-0.2, 0) is 6.54 Å². The number of nitrogens with zero attached hydrogens (tertiary/aromatic N) is 3. The maximum atomic E-state index is 12.4. The average molecular weight is 265 g/mol. The highest BCUT2D eigenvalue weighted by Gasteiger charge is 2.34. The highest BCUT2D eigenvalue weighted by Crippen LogP contribution is 2.30. The van der Waals surface area contributed by atoms with E-state index in [-0.39, 0.29) is 5.91 Å². The number of aromatic nitrogens is 2. The number of amides is 1. The van der Waals surface area contributed by atoms with Crippen LogP contribution in [0.3, 0.4) is 0 Å². The largest absolute Gasteiger partial charge is 0.388 e. The molecule has 2 rings (SSSR count). The lowest BCUT2D eigenvalue weighted by atomic mass is 10.0. The maximum Gasteiger partial charge on any atom is 0.271 e. The van der Waals surface area contributed by atoms with Gasteiger partial charge in [-0.05, 0) is 32.8 Å². The Kier molecular flexibility index (Phi) is 3.94. The molecule has 1 amide bonds. The van der Waals surface area contributed by atoms with Crippen molar-refractivity contribution in [3.8, 4) is 0 Å². The molecule has 0 radical (unpaired) electrons. The second-order valence-corrected chi connectivity index (χ2v) is 5.58. The molecule has 0 aromatic carbocycles. The summed E-state index contributed by atoms with van der Waals surface area (Å²) in [5.74, 6) is -0.0669. The van der Waals surface area contributed by atoms with Gasteiger partial charge in [0.2, 0.25) is 0 Å². The van der Waals surface area contributed by atoms with Gasteiger partial charge in [0, 0.05) is 20.1 Å². The maximum absolute atomic E-state index is 12.4. The quantitative estimate of drug-likeness (QED) is 0.899. The number of rotatable bonds is 4. The van der Waals surface area contributed by atoms with E-state index in [1.807, 2.05) is 13.8 Å². The van der Waals surface area contributed by atoms with Crippen LogP contribution in [0.25, 0.3) is 0 Å². The first kappa shape index (κ1) is 14.1. The summed E-state index contributed by atoms with van der Waals surface area (Å²) >= 11 is 0. The van der Waals surface area contributed by atoms with E-state index in [4.69, 9.17) is 0 Å². The van der Waals surface area contributed by atoms with Gasteiger partial charge >= 0.3 is 0 Å². The summed E-state index contributed by atoms with van der Waals surface area (Å²) in [5, 5.41) is 14.7. The molecule has 5 nitrogen and oxygen atoms in total. The Morgan fingerprint density at radius 1 is 1.53 bits per heavy atom. The van der Waals surface area contributed by atoms with Crippen molar-refractivity contribution in [3.05, 3.63) is 17.5 Å². The Hall–Kier alpha value is -1.36. The summed E-state index contributed by atoms with van der Waals surface area (Å²) in [4.78, 5) is 14.0. The molecule has 106 valence electrons. The van der Waals surface area contributed by atoms with Crippen molar-refractivity contribution in [2.45, 2.75) is 51.7 Å². The lowest BCUT2D eigenvalue weighted by Crippen LogP contribution is -2.42. The van der Waals surface area contributed by atoms with Crippen LogP contribution >= 0.6 is 0 Å². The first-order chi connectivity index (χ1) is 8.95. The van der Waals surface area contributed by atoms with Crippen molar-refractivity contribution in [1.29, 1.82) is 0 Å². The Morgan fingerprint density at radius 2 is 2.16 bits per heavy atom. The molecule has 1 fully saturated rings. The van der Waals surface area contributed by atoms with Crippen molar-refractivity contribution < 1.29 is 9.90 Å². The zero-order valence-electron chi connectivity index (χ0n) is 12.0. The van der Waals surface area contributed by atoms with E-state index >= 15 is 0 Å². The third-order valence-electron chi connectivity index (χ3n) is 3.83. The Bertz CT molecular complexity index is 461. The second kappa shape index (κ2) is 5.33.